The van der Waals surface area contributed by atoms with Gasteiger partial charge < -0.3 is 69.3 Å². The lowest BCUT2D eigenvalue weighted by molar-refractivity contribution is -0.145. The van der Waals surface area contributed by atoms with E-state index in [0.29, 0.717) is 63.2 Å². The second-order valence-corrected chi connectivity index (χ2v) is 69.2. The number of ether oxygens (including phenoxy) is 3. The number of carbonyl (C=O) groups is 6. The molecule has 24 nitrogen and oxygen atoms in total. The van der Waals surface area contributed by atoms with E-state index in [4.69, 9.17) is 69.3 Å². The molecule has 1 heterocycles. The Balaban J connectivity index is 0.00000125. The first-order valence-corrected chi connectivity index (χ1v) is 70.1. The van der Waals surface area contributed by atoms with E-state index in [9.17, 15) is 42.5 Å². The van der Waals surface area contributed by atoms with Crippen molar-refractivity contribution in [2.75, 3.05) is 82.7 Å². The maximum Gasteiger partial charge on any atom is 0.331 e. The summed E-state index contributed by atoms with van der Waals surface area (Å²) in [4.78, 5) is 74.2. The highest BCUT2D eigenvalue weighted by atomic mass is 32.2. The number of benzene rings is 3. The number of rotatable bonds is 63. The molecule has 6 unspecified atom stereocenters. The van der Waals surface area contributed by atoms with Crippen LogP contribution in [0, 0.1) is 17.8 Å². The minimum atomic E-state index is -3.39. The summed E-state index contributed by atoms with van der Waals surface area (Å²) in [6.45, 7) is 50.3. The number of carbonyl (C=O) groups excluding carboxylic acids is 6. The smallest absolute Gasteiger partial charge is 0.331 e. The number of thioether (sulfide) groups is 3. The van der Waals surface area contributed by atoms with Crippen LogP contribution in [0.5, 0.6) is 0 Å². The molecular formula is C86H157N2O22P3S3Si6. The molecule has 4 rings (SSSR count). The van der Waals surface area contributed by atoms with Crippen molar-refractivity contribution in [1.82, 2.24) is 0 Å². The van der Waals surface area contributed by atoms with E-state index in [2.05, 4.69) is 85.1 Å². The molecule has 122 heavy (non-hydrogen) atoms. The standard InChI is InChI=1S/C54H94O14P2S2Si3.C12H34N2O2Si3.C10H19O4PS.C10H10O2/c1-13-63-69(59,64-14-2)43-49(71-35-33-53(57)61-41-47-27-19-17-20-28-47)39-45(5)51(55)31-23-25-37-73(7,8)67-75(11,12)68-74(9,10)38-26-24-32-52(56)46(6)40-50(44-70(60,65-15-3)66-16-4)72-36-34-54(58)62-42-48-29-21-18-22-30-48;1-17(2,11-7-9-13)15-19(5,6)16-18(3,4)12-8-10-14;1-4-13-15(12,14-5-2)7-9-6-8(3)10(11)16-9;1-2-10(11)12-8-9-6-4-3-5-7-9/h17-22,27-30,45-46,49-50H,13-16,23-26,31-44H2,1-12H3;7-14H2,1-6H3;8-9H,4-7H2,1-3H3;2-7H,1,8H2. The average molecular weight is 1930 g/mol. The van der Waals surface area contributed by atoms with Crippen LogP contribution in [0.25, 0.3) is 0 Å². The maximum absolute atomic E-state index is 13.6. The average Bonchev–Trinajstić information content (AvgIpc) is 1.20. The Labute approximate surface area is 754 Å². The Morgan fingerprint density at radius 2 is 0.770 bits per heavy atom. The van der Waals surface area contributed by atoms with Crippen molar-refractivity contribution in [1.29, 1.82) is 0 Å². The quantitative estimate of drug-likeness (QED) is 0.0132. The number of nitrogens with two attached hydrogens (primary N) is 2. The highest BCUT2D eigenvalue weighted by Gasteiger charge is 2.42. The van der Waals surface area contributed by atoms with Crippen LogP contribution in [0.2, 0.25) is 103 Å². The fourth-order valence-electron chi connectivity index (χ4n) is 13.9. The van der Waals surface area contributed by atoms with Crippen molar-refractivity contribution in [3.8, 4) is 0 Å². The Hall–Kier alpha value is -2.62. The SMILES string of the molecule is C=CC(=O)OCc1ccccc1.CCOP(=O)(CC(CC(C)C(=O)CCCC[Si](C)(C)O[Si](C)(C)O[Si](C)(C)CCCCC(=O)C(C)CC(CP(=O)(OCC)OCC)SCCC(=O)OCc1ccccc1)SCCC(=O)OCc1ccccc1)OCC.CCOP(=O)(CC1CC(C)C(=O)S1)OCC.C[Si](C)(CCCN)O[Si](C)(C)O[Si](C)(C)CCCN. The van der Waals surface area contributed by atoms with Crippen molar-refractivity contribution in [2.45, 2.75) is 284 Å². The first-order chi connectivity index (χ1) is 57.2. The molecule has 0 spiro atoms. The number of hydrogen-bond donors (Lipinski definition) is 2. The van der Waals surface area contributed by atoms with Crippen LogP contribution in [-0.4, -0.2) is 183 Å². The molecule has 0 bridgehead atoms. The molecule has 3 aromatic rings. The van der Waals surface area contributed by atoms with Crippen LogP contribution >= 0.6 is 58.1 Å². The molecule has 1 fully saturated rings. The monoisotopic (exact) mass is 1930 g/mol. The molecular weight excluding hydrogens is 1770 g/mol. The zero-order valence-corrected chi connectivity index (χ0v) is 89.1. The lowest BCUT2D eigenvalue weighted by Crippen LogP contribution is -2.52. The number of hydrogen-bond acceptors (Lipinski definition) is 27. The minimum Gasteiger partial charge on any atom is -0.461 e. The van der Waals surface area contributed by atoms with Crippen molar-refractivity contribution < 1.29 is 100 Å². The Morgan fingerprint density at radius 3 is 1.06 bits per heavy atom. The lowest BCUT2D eigenvalue weighted by Gasteiger charge is -2.39. The third-order valence-corrected chi connectivity index (χ3v) is 53.1. The van der Waals surface area contributed by atoms with Crippen LogP contribution in [0.15, 0.2) is 104 Å². The number of Topliss-reactive ketones (excluding diaryl/α,β-unsaturated/α-hetero) is 2. The molecule has 6 atom stereocenters. The highest BCUT2D eigenvalue weighted by Crippen LogP contribution is 2.54. The van der Waals surface area contributed by atoms with Crippen LogP contribution in [0.3, 0.4) is 0 Å². The van der Waals surface area contributed by atoms with Gasteiger partial charge in [0, 0.05) is 63.9 Å². The molecule has 0 amide bonds. The summed E-state index contributed by atoms with van der Waals surface area (Å²) < 4.78 is 115. The third kappa shape index (κ3) is 56.7. The van der Waals surface area contributed by atoms with E-state index in [1.54, 1.807) is 41.5 Å². The van der Waals surface area contributed by atoms with Gasteiger partial charge in [0.15, 0.2) is 38.4 Å². The molecule has 4 N–H and O–H groups in total. The molecule has 3 aromatic carbocycles. The normalized spacial score (nSPS) is 15.3. The van der Waals surface area contributed by atoms with Crippen molar-refractivity contribution in [3.05, 3.63) is 120 Å². The summed E-state index contributed by atoms with van der Waals surface area (Å²) >= 11 is 4.31. The Bertz CT molecular complexity index is 3390. The van der Waals surface area contributed by atoms with Gasteiger partial charge >= 0.3 is 57.8 Å². The summed E-state index contributed by atoms with van der Waals surface area (Å²) in [5.41, 5.74) is 14.0. The van der Waals surface area contributed by atoms with Crippen molar-refractivity contribution in [2.24, 2.45) is 29.2 Å². The largest absolute Gasteiger partial charge is 0.461 e. The molecule has 0 saturated carbocycles. The number of esters is 3. The summed E-state index contributed by atoms with van der Waals surface area (Å²) in [5, 5.41) is -0.160. The van der Waals surface area contributed by atoms with Crippen LogP contribution < -0.4 is 11.5 Å². The topological polar surface area (TPSA) is 326 Å². The van der Waals surface area contributed by atoms with Gasteiger partial charge in [0.2, 0.25) is 0 Å². The molecule has 1 aliphatic rings. The van der Waals surface area contributed by atoms with Gasteiger partial charge in [0.1, 0.15) is 31.4 Å². The van der Waals surface area contributed by atoms with Crippen molar-refractivity contribution >= 4 is 143 Å². The number of unbranched alkanes of at least 4 members (excludes halogenated alkanes) is 2. The van der Waals surface area contributed by atoms with Gasteiger partial charge in [-0.3, -0.25) is 37.7 Å². The van der Waals surface area contributed by atoms with E-state index in [1.807, 2.05) is 112 Å². The summed E-state index contributed by atoms with van der Waals surface area (Å²) in [5.74, 6) is -0.240. The van der Waals surface area contributed by atoms with E-state index in [0.717, 1.165) is 105 Å². The highest BCUT2D eigenvalue weighted by molar-refractivity contribution is 8.14. The Kier molecular flexibility index (Phi) is 60.3. The molecule has 700 valence electrons. The van der Waals surface area contributed by atoms with E-state index < -0.39 is 73.2 Å². The summed E-state index contributed by atoms with van der Waals surface area (Å²) in [6, 6.07) is 32.6. The lowest BCUT2D eigenvalue weighted by atomic mass is 9.97. The predicted molar refractivity (Wildman–Crippen MR) is 519 cm³/mol. The van der Waals surface area contributed by atoms with Gasteiger partial charge in [-0.25, -0.2) is 4.79 Å². The third-order valence-electron chi connectivity index (χ3n) is 19.0. The molecule has 1 saturated heterocycles. The summed E-state index contributed by atoms with van der Waals surface area (Å²) in [6.07, 6.45) is 10.2. The zero-order valence-electron chi connectivity index (χ0n) is 77.9. The second kappa shape index (κ2) is 62.6. The van der Waals surface area contributed by atoms with E-state index in [-0.39, 0.29) is 133 Å². The van der Waals surface area contributed by atoms with Crippen LogP contribution in [0.1, 0.15) is 162 Å². The zero-order chi connectivity index (χ0) is 92.1. The molecule has 0 radical (unpaired) electrons. The van der Waals surface area contributed by atoms with Gasteiger partial charge in [-0.15, -0.1) is 0 Å². The van der Waals surface area contributed by atoms with Gasteiger partial charge in [0.25, 0.3) is 0 Å². The van der Waals surface area contributed by atoms with Crippen molar-refractivity contribution in [3.63, 3.8) is 0 Å². The van der Waals surface area contributed by atoms with Gasteiger partial charge in [-0.05, 0) is 219 Å². The predicted octanol–water partition coefficient (Wildman–Crippen LogP) is 22.3. The van der Waals surface area contributed by atoms with E-state index >= 15 is 0 Å². The first kappa shape index (κ1) is 117. The van der Waals surface area contributed by atoms with Gasteiger partial charge in [-0.1, -0.05) is 143 Å². The second-order valence-electron chi connectivity index (χ2n) is 33.8. The van der Waals surface area contributed by atoms with Gasteiger partial charge in [0.05, 0.1) is 71.0 Å². The maximum atomic E-state index is 13.6. The van der Waals surface area contributed by atoms with Crippen LogP contribution in [-0.2, 0) is 120 Å². The Morgan fingerprint density at radius 1 is 0.467 bits per heavy atom. The number of ketones is 2. The molecule has 36 heteroatoms. The molecule has 1 aliphatic heterocycles. The fraction of sp³-hybridized carbons (Fsp3) is 0.698. The first-order valence-electron chi connectivity index (χ1n) is 43.8. The van der Waals surface area contributed by atoms with Gasteiger partial charge in [-0.2, -0.15) is 23.5 Å². The minimum absolute atomic E-state index is 0.0618. The summed E-state index contributed by atoms with van der Waals surface area (Å²) in [7, 11) is -21.9. The fourth-order valence-corrected chi connectivity index (χ4v) is 53.3. The van der Waals surface area contributed by atoms with Crippen LogP contribution in [0.4, 0.5) is 0 Å². The molecule has 0 aromatic heterocycles. The molecule has 0 aliphatic carbocycles. The van der Waals surface area contributed by atoms with E-state index in [1.165, 1.54) is 35.3 Å².